The molecule has 1 unspecified atom stereocenters. The number of rotatable bonds is 5. The van der Waals surface area contributed by atoms with Crippen molar-refractivity contribution in [2.24, 2.45) is 5.92 Å². The first-order valence-electron chi connectivity index (χ1n) is 6.34. The third-order valence-corrected chi connectivity index (χ3v) is 3.36. The van der Waals surface area contributed by atoms with Crippen LogP contribution in [0.1, 0.15) is 44.9 Å². The van der Waals surface area contributed by atoms with Crippen molar-refractivity contribution < 1.29 is 4.79 Å². The van der Waals surface area contributed by atoms with Crippen LogP contribution >= 0.6 is 0 Å². The smallest absolute Gasteiger partial charge is 0.220 e. The summed E-state index contributed by atoms with van der Waals surface area (Å²) in [6.45, 7) is 2.34. The summed E-state index contributed by atoms with van der Waals surface area (Å²) in [4.78, 5) is 11.4. The van der Waals surface area contributed by atoms with Crippen molar-refractivity contribution >= 4 is 5.91 Å². The van der Waals surface area contributed by atoms with Crippen LogP contribution in [0.25, 0.3) is 0 Å². The van der Waals surface area contributed by atoms with E-state index in [-0.39, 0.29) is 5.91 Å². The van der Waals surface area contributed by atoms with Crippen LogP contribution in [0, 0.1) is 5.92 Å². The molecule has 86 valence electrons. The quantitative estimate of drug-likeness (QED) is 0.721. The molecule has 1 amide bonds. The Labute approximate surface area is 92.0 Å². The summed E-state index contributed by atoms with van der Waals surface area (Å²) in [5.41, 5.74) is 0. The predicted molar refractivity (Wildman–Crippen MR) is 60.6 cm³/mol. The maximum Gasteiger partial charge on any atom is 0.220 e. The molecule has 1 saturated heterocycles. The normalized spacial score (nSPS) is 26.3. The highest BCUT2D eigenvalue weighted by atomic mass is 16.1. The Morgan fingerprint density at radius 2 is 2.20 bits per heavy atom. The Morgan fingerprint density at radius 1 is 1.33 bits per heavy atom. The number of hydrogen-bond donors (Lipinski definition) is 2. The number of carbonyl (C=O) groups is 1. The highest BCUT2D eigenvalue weighted by Crippen LogP contribution is 2.20. The molecule has 1 aliphatic carbocycles. The van der Waals surface area contributed by atoms with Crippen molar-refractivity contribution in [3.05, 3.63) is 0 Å². The van der Waals surface area contributed by atoms with Gasteiger partial charge in [-0.3, -0.25) is 4.79 Å². The average Bonchev–Trinajstić information content (AvgIpc) is 3.03. The Morgan fingerprint density at radius 3 is 2.87 bits per heavy atom. The van der Waals surface area contributed by atoms with Crippen molar-refractivity contribution in [2.45, 2.75) is 51.0 Å². The van der Waals surface area contributed by atoms with Gasteiger partial charge in [-0.05, 0) is 57.5 Å². The lowest BCUT2D eigenvalue weighted by Crippen LogP contribution is -2.30. The van der Waals surface area contributed by atoms with E-state index in [0.717, 1.165) is 25.3 Å². The lowest BCUT2D eigenvalue weighted by atomic mass is 9.94. The first kappa shape index (κ1) is 10.9. The van der Waals surface area contributed by atoms with Crippen LogP contribution in [0.2, 0.25) is 0 Å². The topological polar surface area (TPSA) is 41.1 Å². The molecular formula is C12H22N2O. The van der Waals surface area contributed by atoms with Gasteiger partial charge in [0.25, 0.3) is 0 Å². The van der Waals surface area contributed by atoms with Crippen LogP contribution in [0.5, 0.6) is 0 Å². The zero-order valence-corrected chi connectivity index (χ0v) is 9.43. The second kappa shape index (κ2) is 5.50. The first-order valence-corrected chi connectivity index (χ1v) is 6.34. The molecule has 0 spiro atoms. The molecule has 2 fully saturated rings. The Balaban J connectivity index is 1.51. The molecule has 0 aromatic heterocycles. The van der Waals surface area contributed by atoms with Gasteiger partial charge in [0, 0.05) is 12.5 Å². The van der Waals surface area contributed by atoms with E-state index in [1.807, 2.05) is 0 Å². The minimum absolute atomic E-state index is 0.265. The fourth-order valence-electron chi connectivity index (χ4n) is 2.25. The maximum atomic E-state index is 11.4. The van der Waals surface area contributed by atoms with Crippen LogP contribution < -0.4 is 10.6 Å². The Bertz CT molecular complexity index is 208. The Hall–Kier alpha value is -0.570. The standard InChI is InChI=1S/C12H22N2O/c15-12(14-11-6-7-11)5-1-3-10-4-2-8-13-9-10/h10-11,13H,1-9H2,(H,14,15). The molecule has 0 radical (unpaired) electrons. The molecule has 1 heterocycles. The van der Waals surface area contributed by atoms with E-state index in [1.165, 1.54) is 38.6 Å². The molecular weight excluding hydrogens is 188 g/mol. The molecule has 0 aromatic rings. The molecule has 2 N–H and O–H groups in total. The van der Waals surface area contributed by atoms with E-state index in [4.69, 9.17) is 0 Å². The van der Waals surface area contributed by atoms with Crippen LogP contribution in [-0.4, -0.2) is 25.0 Å². The third kappa shape index (κ3) is 4.20. The van der Waals surface area contributed by atoms with Gasteiger partial charge in [-0.2, -0.15) is 0 Å². The molecule has 1 atom stereocenters. The first-order chi connectivity index (χ1) is 7.34. The van der Waals surface area contributed by atoms with Crippen LogP contribution in [0.15, 0.2) is 0 Å². The van der Waals surface area contributed by atoms with Gasteiger partial charge in [0.1, 0.15) is 0 Å². The van der Waals surface area contributed by atoms with Crippen LogP contribution in [0.3, 0.4) is 0 Å². The van der Waals surface area contributed by atoms with Gasteiger partial charge in [0.2, 0.25) is 5.91 Å². The van der Waals surface area contributed by atoms with Crippen molar-refractivity contribution in [3.8, 4) is 0 Å². The summed E-state index contributed by atoms with van der Waals surface area (Å²) in [7, 11) is 0. The van der Waals surface area contributed by atoms with E-state index < -0.39 is 0 Å². The molecule has 0 aromatic carbocycles. The lowest BCUT2D eigenvalue weighted by Gasteiger charge is -2.22. The lowest BCUT2D eigenvalue weighted by molar-refractivity contribution is -0.121. The van der Waals surface area contributed by atoms with E-state index in [2.05, 4.69) is 10.6 Å². The van der Waals surface area contributed by atoms with E-state index >= 15 is 0 Å². The maximum absolute atomic E-state index is 11.4. The second-order valence-electron chi connectivity index (χ2n) is 4.95. The van der Waals surface area contributed by atoms with Gasteiger partial charge in [-0.15, -0.1) is 0 Å². The molecule has 1 saturated carbocycles. The second-order valence-corrected chi connectivity index (χ2v) is 4.95. The summed E-state index contributed by atoms with van der Waals surface area (Å²) in [5, 5.41) is 6.45. The van der Waals surface area contributed by atoms with Crippen molar-refractivity contribution in [3.63, 3.8) is 0 Å². The SMILES string of the molecule is O=C(CCCC1CCCNC1)NC1CC1. The number of nitrogens with one attached hydrogen (secondary N) is 2. The highest BCUT2D eigenvalue weighted by molar-refractivity contribution is 5.76. The zero-order valence-electron chi connectivity index (χ0n) is 9.43. The van der Waals surface area contributed by atoms with Gasteiger partial charge in [0.05, 0.1) is 0 Å². The highest BCUT2D eigenvalue weighted by Gasteiger charge is 2.23. The van der Waals surface area contributed by atoms with Gasteiger partial charge in [0.15, 0.2) is 0 Å². The fraction of sp³-hybridized carbons (Fsp3) is 0.917. The average molecular weight is 210 g/mol. The van der Waals surface area contributed by atoms with Crippen molar-refractivity contribution in [1.82, 2.24) is 10.6 Å². The third-order valence-electron chi connectivity index (χ3n) is 3.36. The minimum atomic E-state index is 0.265. The van der Waals surface area contributed by atoms with E-state index in [0.29, 0.717) is 6.04 Å². The molecule has 15 heavy (non-hydrogen) atoms. The number of carbonyl (C=O) groups excluding carboxylic acids is 1. The van der Waals surface area contributed by atoms with E-state index in [1.54, 1.807) is 0 Å². The summed E-state index contributed by atoms with van der Waals surface area (Å²) in [5.74, 6) is 1.08. The van der Waals surface area contributed by atoms with Crippen molar-refractivity contribution in [2.75, 3.05) is 13.1 Å². The molecule has 0 bridgehead atoms. The van der Waals surface area contributed by atoms with E-state index in [9.17, 15) is 4.79 Å². The van der Waals surface area contributed by atoms with Crippen molar-refractivity contribution in [1.29, 1.82) is 0 Å². The van der Waals surface area contributed by atoms with Gasteiger partial charge in [-0.25, -0.2) is 0 Å². The van der Waals surface area contributed by atoms with Gasteiger partial charge >= 0.3 is 0 Å². The minimum Gasteiger partial charge on any atom is -0.353 e. The molecule has 1 aliphatic heterocycles. The van der Waals surface area contributed by atoms with Crippen LogP contribution in [-0.2, 0) is 4.79 Å². The largest absolute Gasteiger partial charge is 0.353 e. The monoisotopic (exact) mass is 210 g/mol. The van der Waals surface area contributed by atoms with Gasteiger partial charge < -0.3 is 10.6 Å². The summed E-state index contributed by atoms with van der Waals surface area (Å²) < 4.78 is 0. The zero-order chi connectivity index (χ0) is 10.5. The summed E-state index contributed by atoms with van der Waals surface area (Å²) in [6, 6.07) is 0.522. The fourth-order valence-corrected chi connectivity index (χ4v) is 2.25. The number of hydrogen-bond acceptors (Lipinski definition) is 2. The molecule has 3 nitrogen and oxygen atoms in total. The molecule has 2 rings (SSSR count). The summed E-state index contributed by atoms with van der Waals surface area (Å²) in [6.07, 6.45) is 8.04. The number of amides is 1. The Kier molecular flexibility index (Phi) is 4.01. The predicted octanol–water partition coefficient (Wildman–Crippen LogP) is 1.43. The molecule has 2 aliphatic rings. The van der Waals surface area contributed by atoms with Crippen LogP contribution in [0.4, 0.5) is 0 Å². The summed E-state index contributed by atoms with van der Waals surface area (Å²) >= 11 is 0. The molecule has 3 heteroatoms. The van der Waals surface area contributed by atoms with Gasteiger partial charge in [-0.1, -0.05) is 0 Å². The number of piperidine rings is 1.